The second-order valence-electron chi connectivity index (χ2n) is 5.13. The standard InChI is InChI=1S/C16H28N4O4/c1-3-23-15(24-4-2)13-18-12-14(11-17)16(21)19-5-6-20-7-9-22-10-8-20/h12,15,18H,3-10,13H2,1-2H3,(H,19,21)/b14-12-. The number of nitrogens with zero attached hydrogens (tertiary/aromatic N) is 2. The van der Waals surface area contributed by atoms with Gasteiger partial charge in [0.05, 0.1) is 19.8 Å². The summed E-state index contributed by atoms with van der Waals surface area (Å²) in [7, 11) is 0. The normalized spacial score (nSPS) is 16.0. The predicted octanol–water partition coefficient (Wildman–Crippen LogP) is -0.169. The van der Waals surface area contributed by atoms with Crippen molar-refractivity contribution in [2.24, 2.45) is 0 Å². The van der Waals surface area contributed by atoms with Crippen LogP contribution in [0.4, 0.5) is 0 Å². The Morgan fingerprint density at radius 3 is 2.58 bits per heavy atom. The van der Waals surface area contributed by atoms with Crippen LogP contribution < -0.4 is 10.6 Å². The molecule has 2 N–H and O–H groups in total. The first-order chi connectivity index (χ1) is 11.7. The van der Waals surface area contributed by atoms with E-state index in [1.165, 1.54) is 6.20 Å². The van der Waals surface area contributed by atoms with Crippen LogP contribution in [0.2, 0.25) is 0 Å². The van der Waals surface area contributed by atoms with Gasteiger partial charge in [-0.1, -0.05) is 0 Å². The van der Waals surface area contributed by atoms with Crippen molar-refractivity contribution >= 4 is 5.91 Å². The minimum Gasteiger partial charge on any atom is -0.385 e. The molecule has 8 nitrogen and oxygen atoms in total. The lowest BCUT2D eigenvalue weighted by Gasteiger charge is -2.26. The zero-order chi connectivity index (χ0) is 17.6. The number of hydrogen-bond donors (Lipinski definition) is 2. The first kappa shape index (κ1) is 20.4. The average molecular weight is 340 g/mol. The van der Waals surface area contributed by atoms with Crippen LogP contribution in [-0.2, 0) is 19.0 Å². The molecular formula is C16H28N4O4. The van der Waals surface area contributed by atoms with E-state index in [1.807, 2.05) is 19.9 Å². The third kappa shape index (κ3) is 8.26. The quantitative estimate of drug-likeness (QED) is 0.306. The summed E-state index contributed by atoms with van der Waals surface area (Å²) in [5, 5.41) is 14.8. The smallest absolute Gasteiger partial charge is 0.263 e. The Kier molecular flexibility index (Phi) is 10.8. The van der Waals surface area contributed by atoms with Gasteiger partial charge in [0, 0.05) is 45.6 Å². The summed E-state index contributed by atoms with van der Waals surface area (Å²) in [5.74, 6) is -0.386. The lowest BCUT2D eigenvalue weighted by Crippen LogP contribution is -2.41. The summed E-state index contributed by atoms with van der Waals surface area (Å²) in [6, 6.07) is 1.90. The van der Waals surface area contributed by atoms with Gasteiger partial charge in [-0.15, -0.1) is 0 Å². The molecule has 0 aromatic heterocycles. The average Bonchev–Trinajstić information content (AvgIpc) is 2.60. The Morgan fingerprint density at radius 2 is 2.00 bits per heavy atom. The van der Waals surface area contributed by atoms with Crippen LogP contribution in [0.1, 0.15) is 13.8 Å². The van der Waals surface area contributed by atoms with E-state index in [2.05, 4.69) is 15.5 Å². The van der Waals surface area contributed by atoms with Gasteiger partial charge in [-0.25, -0.2) is 0 Å². The molecule has 24 heavy (non-hydrogen) atoms. The lowest BCUT2D eigenvalue weighted by molar-refractivity contribution is -0.131. The minimum atomic E-state index is -0.402. The number of hydrogen-bond acceptors (Lipinski definition) is 7. The van der Waals surface area contributed by atoms with Gasteiger partial charge in [0.1, 0.15) is 11.6 Å². The molecule has 0 radical (unpaired) electrons. The highest BCUT2D eigenvalue weighted by Gasteiger charge is 2.12. The Balaban J connectivity index is 2.31. The summed E-state index contributed by atoms with van der Waals surface area (Å²) < 4.78 is 16.0. The molecule has 0 spiro atoms. The first-order valence-electron chi connectivity index (χ1n) is 8.36. The number of amides is 1. The van der Waals surface area contributed by atoms with Crippen molar-refractivity contribution in [1.29, 1.82) is 5.26 Å². The molecule has 8 heteroatoms. The van der Waals surface area contributed by atoms with Gasteiger partial charge >= 0.3 is 0 Å². The number of morpholine rings is 1. The van der Waals surface area contributed by atoms with Crippen molar-refractivity contribution in [3.8, 4) is 6.07 Å². The van der Waals surface area contributed by atoms with Gasteiger partial charge in [-0.05, 0) is 13.8 Å². The molecule has 0 unspecified atom stereocenters. The van der Waals surface area contributed by atoms with E-state index >= 15 is 0 Å². The van der Waals surface area contributed by atoms with Gasteiger partial charge in [-0.3, -0.25) is 9.69 Å². The maximum atomic E-state index is 12.0. The van der Waals surface area contributed by atoms with E-state index in [1.54, 1.807) is 0 Å². The zero-order valence-electron chi connectivity index (χ0n) is 14.5. The van der Waals surface area contributed by atoms with Crippen molar-refractivity contribution in [3.63, 3.8) is 0 Å². The molecule has 1 aliphatic heterocycles. The van der Waals surface area contributed by atoms with Crippen molar-refractivity contribution in [3.05, 3.63) is 11.8 Å². The molecular weight excluding hydrogens is 312 g/mol. The number of rotatable bonds is 11. The molecule has 1 saturated heterocycles. The molecule has 0 aliphatic carbocycles. The van der Waals surface area contributed by atoms with Crippen LogP contribution in [-0.4, -0.2) is 76.2 Å². The summed E-state index contributed by atoms with van der Waals surface area (Å²) >= 11 is 0. The van der Waals surface area contributed by atoms with Gasteiger partial charge in [0.25, 0.3) is 5.91 Å². The second-order valence-corrected chi connectivity index (χ2v) is 5.13. The SMILES string of the molecule is CCOC(CN/C=C(/C#N)C(=O)NCCN1CCOCC1)OCC. The molecule has 1 aliphatic rings. The number of ether oxygens (including phenoxy) is 3. The fourth-order valence-electron chi connectivity index (χ4n) is 2.19. The maximum absolute atomic E-state index is 12.0. The zero-order valence-corrected chi connectivity index (χ0v) is 14.5. The molecule has 0 aromatic rings. The molecule has 0 aromatic carbocycles. The largest absolute Gasteiger partial charge is 0.385 e. The maximum Gasteiger partial charge on any atom is 0.263 e. The van der Waals surface area contributed by atoms with Crippen LogP contribution in [0.5, 0.6) is 0 Å². The molecule has 1 fully saturated rings. The van der Waals surface area contributed by atoms with Gasteiger partial charge < -0.3 is 24.8 Å². The van der Waals surface area contributed by atoms with E-state index in [0.29, 0.717) is 26.3 Å². The highest BCUT2D eigenvalue weighted by Crippen LogP contribution is 1.97. The molecule has 1 heterocycles. The van der Waals surface area contributed by atoms with Crippen LogP contribution in [0.15, 0.2) is 11.8 Å². The third-order valence-corrected chi connectivity index (χ3v) is 3.42. The lowest BCUT2D eigenvalue weighted by atomic mass is 10.3. The highest BCUT2D eigenvalue weighted by molar-refractivity contribution is 5.97. The fourth-order valence-corrected chi connectivity index (χ4v) is 2.19. The predicted molar refractivity (Wildman–Crippen MR) is 89.0 cm³/mol. The molecule has 0 bridgehead atoms. The Hall–Kier alpha value is -1.66. The van der Waals surface area contributed by atoms with E-state index in [4.69, 9.17) is 19.5 Å². The number of nitrogens with one attached hydrogen (secondary N) is 2. The summed E-state index contributed by atoms with van der Waals surface area (Å²) in [5.41, 5.74) is 0.0312. The van der Waals surface area contributed by atoms with Crippen molar-refractivity contribution in [2.75, 3.05) is 59.2 Å². The Bertz CT molecular complexity index is 424. The number of nitriles is 1. The van der Waals surface area contributed by atoms with Gasteiger partial charge in [-0.2, -0.15) is 5.26 Å². The summed E-state index contributed by atoms with van der Waals surface area (Å²) in [4.78, 5) is 14.2. The fraction of sp³-hybridized carbons (Fsp3) is 0.750. The monoisotopic (exact) mass is 340 g/mol. The van der Waals surface area contributed by atoms with Crippen molar-refractivity contribution in [1.82, 2.24) is 15.5 Å². The third-order valence-electron chi connectivity index (χ3n) is 3.42. The van der Waals surface area contributed by atoms with Crippen LogP contribution in [0.25, 0.3) is 0 Å². The van der Waals surface area contributed by atoms with Crippen molar-refractivity contribution in [2.45, 2.75) is 20.1 Å². The number of carbonyl (C=O) groups is 1. The molecule has 0 saturated carbocycles. The molecule has 1 rings (SSSR count). The first-order valence-corrected chi connectivity index (χ1v) is 8.36. The minimum absolute atomic E-state index is 0.0312. The van der Waals surface area contributed by atoms with Crippen molar-refractivity contribution < 1.29 is 19.0 Å². The molecule has 1 amide bonds. The summed E-state index contributed by atoms with van der Waals surface area (Å²) in [6.45, 7) is 9.62. The Morgan fingerprint density at radius 1 is 1.33 bits per heavy atom. The summed E-state index contributed by atoms with van der Waals surface area (Å²) in [6.07, 6.45) is 0.996. The van der Waals surface area contributed by atoms with Crippen LogP contribution in [0.3, 0.4) is 0 Å². The molecule has 0 atom stereocenters. The van der Waals surface area contributed by atoms with E-state index in [-0.39, 0.29) is 11.5 Å². The van der Waals surface area contributed by atoms with Gasteiger partial charge in [0.15, 0.2) is 6.29 Å². The second kappa shape index (κ2) is 12.7. The highest BCUT2D eigenvalue weighted by atomic mass is 16.7. The number of carbonyl (C=O) groups excluding carboxylic acids is 1. The van der Waals surface area contributed by atoms with E-state index < -0.39 is 6.29 Å². The van der Waals surface area contributed by atoms with E-state index in [0.717, 1.165) is 32.8 Å². The molecule has 136 valence electrons. The van der Waals surface area contributed by atoms with Gasteiger partial charge in [0.2, 0.25) is 0 Å². The van der Waals surface area contributed by atoms with Crippen LogP contribution in [0, 0.1) is 11.3 Å². The van der Waals surface area contributed by atoms with E-state index in [9.17, 15) is 4.79 Å². The Labute approximate surface area is 143 Å². The topological polar surface area (TPSA) is 95.8 Å². The van der Waals surface area contributed by atoms with Crippen LogP contribution >= 0.6 is 0 Å².